The molecule has 1 aromatic heterocycles. The predicted octanol–water partition coefficient (Wildman–Crippen LogP) is 1.35. The maximum absolute atomic E-state index is 5.54. The van der Waals surface area contributed by atoms with E-state index in [0.717, 1.165) is 6.54 Å². The normalized spacial score (nSPS) is 18.9. The molecule has 1 aliphatic heterocycles. The van der Waals surface area contributed by atoms with Gasteiger partial charge in [0.15, 0.2) is 0 Å². The fourth-order valence-corrected chi connectivity index (χ4v) is 2.16. The summed E-state index contributed by atoms with van der Waals surface area (Å²) in [6.45, 7) is 5.55. The van der Waals surface area contributed by atoms with Crippen molar-refractivity contribution in [1.29, 1.82) is 0 Å². The van der Waals surface area contributed by atoms with Gasteiger partial charge in [-0.05, 0) is 32.9 Å². The number of nitrogens with zero attached hydrogens (tertiary/aromatic N) is 3. The first-order valence-electron chi connectivity index (χ1n) is 6.31. The Morgan fingerprint density at radius 2 is 1.94 bits per heavy atom. The first-order valence-corrected chi connectivity index (χ1v) is 6.31. The first kappa shape index (κ1) is 12.1. The van der Waals surface area contributed by atoms with E-state index in [2.05, 4.69) is 27.1 Å². The molecule has 0 bridgehead atoms. The van der Waals surface area contributed by atoms with Crippen LogP contribution < -0.4 is 11.1 Å². The van der Waals surface area contributed by atoms with Crippen molar-refractivity contribution in [2.24, 2.45) is 0 Å². The predicted molar refractivity (Wildman–Crippen MR) is 69.8 cm³/mol. The molecule has 1 atom stereocenters. The molecule has 1 fully saturated rings. The minimum atomic E-state index is 0.524. The van der Waals surface area contributed by atoms with Gasteiger partial charge in [0.25, 0.3) is 0 Å². The summed E-state index contributed by atoms with van der Waals surface area (Å²) in [5.74, 6) is 0.656. The van der Waals surface area contributed by atoms with Gasteiger partial charge in [-0.1, -0.05) is 6.42 Å². The number of rotatable bonds is 4. The Morgan fingerprint density at radius 1 is 1.29 bits per heavy atom. The summed E-state index contributed by atoms with van der Waals surface area (Å²) in [4.78, 5) is 10.8. The molecular formula is C12H21N5. The van der Waals surface area contributed by atoms with Crippen molar-refractivity contribution in [3.8, 4) is 0 Å². The van der Waals surface area contributed by atoms with E-state index in [1.807, 2.05) is 0 Å². The second-order valence-corrected chi connectivity index (χ2v) is 4.67. The highest BCUT2D eigenvalue weighted by Crippen LogP contribution is 2.12. The van der Waals surface area contributed by atoms with Crippen LogP contribution in [0.2, 0.25) is 0 Å². The summed E-state index contributed by atoms with van der Waals surface area (Å²) in [6, 6.07) is 0.524. The van der Waals surface area contributed by atoms with Crippen molar-refractivity contribution in [2.75, 3.05) is 30.7 Å². The van der Waals surface area contributed by atoms with Crippen LogP contribution >= 0.6 is 0 Å². The zero-order valence-electron chi connectivity index (χ0n) is 10.4. The van der Waals surface area contributed by atoms with E-state index in [4.69, 9.17) is 5.73 Å². The number of hydrogen-bond acceptors (Lipinski definition) is 5. The zero-order valence-corrected chi connectivity index (χ0v) is 10.4. The van der Waals surface area contributed by atoms with Gasteiger partial charge in [-0.3, -0.25) is 4.90 Å². The van der Waals surface area contributed by atoms with Crippen molar-refractivity contribution in [1.82, 2.24) is 14.9 Å². The third-order valence-electron chi connectivity index (χ3n) is 3.24. The molecule has 0 radical (unpaired) electrons. The molecule has 3 N–H and O–H groups in total. The number of hydrogen-bond donors (Lipinski definition) is 2. The Morgan fingerprint density at radius 3 is 2.59 bits per heavy atom. The van der Waals surface area contributed by atoms with E-state index in [-0.39, 0.29) is 0 Å². The minimum Gasteiger partial charge on any atom is -0.396 e. The van der Waals surface area contributed by atoms with E-state index >= 15 is 0 Å². The third kappa shape index (κ3) is 3.56. The highest BCUT2D eigenvalue weighted by molar-refractivity contribution is 5.35. The van der Waals surface area contributed by atoms with Crippen molar-refractivity contribution >= 4 is 11.6 Å². The molecule has 5 heteroatoms. The highest BCUT2D eigenvalue weighted by Gasteiger charge is 2.16. The Bertz CT molecular complexity index is 331. The van der Waals surface area contributed by atoms with Crippen LogP contribution in [0, 0.1) is 0 Å². The summed E-state index contributed by atoms with van der Waals surface area (Å²) < 4.78 is 0. The summed E-state index contributed by atoms with van der Waals surface area (Å²) in [6.07, 6.45) is 7.27. The molecule has 2 heterocycles. The lowest BCUT2D eigenvalue weighted by molar-refractivity contribution is 0.180. The molecule has 0 spiro atoms. The van der Waals surface area contributed by atoms with Crippen LogP contribution in [-0.2, 0) is 0 Å². The molecule has 17 heavy (non-hydrogen) atoms. The van der Waals surface area contributed by atoms with Gasteiger partial charge in [-0.25, -0.2) is 9.97 Å². The van der Waals surface area contributed by atoms with E-state index < -0.39 is 0 Å². The first-order chi connectivity index (χ1) is 8.25. The second-order valence-electron chi connectivity index (χ2n) is 4.67. The van der Waals surface area contributed by atoms with Crippen LogP contribution in [-0.4, -0.2) is 40.5 Å². The fourth-order valence-electron chi connectivity index (χ4n) is 2.16. The van der Waals surface area contributed by atoms with Gasteiger partial charge in [0.2, 0.25) is 5.95 Å². The average Bonchev–Trinajstić information content (AvgIpc) is 2.39. The lowest BCUT2D eigenvalue weighted by Gasteiger charge is -2.32. The number of anilines is 2. The molecule has 0 aliphatic carbocycles. The zero-order chi connectivity index (χ0) is 12.1. The number of piperidine rings is 1. The monoisotopic (exact) mass is 235 g/mol. The van der Waals surface area contributed by atoms with Crippen LogP contribution in [0.1, 0.15) is 26.2 Å². The van der Waals surface area contributed by atoms with E-state index in [1.165, 1.54) is 32.4 Å². The molecule has 0 saturated carbocycles. The summed E-state index contributed by atoms with van der Waals surface area (Å²) in [5.41, 5.74) is 6.14. The van der Waals surface area contributed by atoms with Crippen LogP contribution in [0.4, 0.5) is 11.6 Å². The summed E-state index contributed by atoms with van der Waals surface area (Å²) in [7, 11) is 0. The molecule has 0 aromatic carbocycles. The smallest absolute Gasteiger partial charge is 0.222 e. The maximum Gasteiger partial charge on any atom is 0.222 e. The van der Waals surface area contributed by atoms with Crippen molar-refractivity contribution in [3.63, 3.8) is 0 Å². The molecule has 94 valence electrons. The van der Waals surface area contributed by atoms with Gasteiger partial charge in [0, 0.05) is 12.6 Å². The lowest BCUT2D eigenvalue weighted by Crippen LogP contribution is -2.41. The highest BCUT2D eigenvalue weighted by atomic mass is 15.2. The third-order valence-corrected chi connectivity index (χ3v) is 3.24. The van der Waals surface area contributed by atoms with E-state index in [1.54, 1.807) is 12.4 Å². The van der Waals surface area contributed by atoms with Gasteiger partial charge >= 0.3 is 0 Å². The number of aromatic nitrogens is 2. The minimum absolute atomic E-state index is 0.524. The van der Waals surface area contributed by atoms with Crippen LogP contribution in [0.15, 0.2) is 12.4 Å². The fraction of sp³-hybridized carbons (Fsp3) is 0.667. The van der Waals surface area contributed by atoms with Crippen LogP contribution in [0.5, 0.6) is 0 Å². The standard InChI is InChI=1S/C12H21N5/c1-10(17-5-3-2-4-6-17)7-14-12-15-8-11(13)9-16-12/h8-10H,2-7,13H2,1H3,(H,14,15,16). The molecular weight excluding hydrogens is 214 g/mol. The number of nitrogens with one attached hydrogen (secondary N) is 1. The van der Waals surface area contributed by atoms with Gasteiger partial charge in [-0.15, -0.1) is 0 Å². The number of nitrogens with two attached hydrogens (primary N) is 1. The van der Waals surface area contributed by atoms with Gasteiger partial charge in [0.1, 0.15) is 0 Å². The molecule has 0 amide bonds. The maximum atomic E-state index is 5.54. The van der Waals surface area contributed by atoms with Crippen molar-refractivity contribution < 1.29 is 0 Å². The summed E-state index contributed by atoms with van der Waals surface area (Å²) in [5, 5.41) is 3.25. The second kappa shape index (κ2) is 5.82. The summed E-state index contributed by atoms with van der Waals surface area (Å²) >= 11 is 0. The number of likely N-dealkylation sites (tertiary alicyclic amines) is 1. The number of nitrogen functional groups attached to an aromatic ring is 1. The van der Waals surface area contributed by atoms with Gasteiger partial charge < -0.3 is 11.1 Å². The Labute approximate surface area is 102 Å². The van der Waals surface area contributed by atoms with Crippen molar-refractivity contribution in [3.05, 3.63) is 12.4 Å². The molecule has 5 nitrogen and oxygen atoms in total. The largest absolute Gasteiger partial charge is 0.396 e. The van der Waals surface area contributed by atoms with E-state index in [0.29, 0.717) is 17.7 Å². The Kier molecular flexibility index (Phi) is 4.14. The topological polar surface area (TPSA) is 67.1 Å². The van der Waals surface area contributed by atoms with Gasteiger partial charge in [-0.2, -0.15) is 0 Å². The Balaban J connectivity index is 1.78. The van der Waals surface area contributed by atoms with E-state index in [9.17, 15) is 0 Å². The SMILES string of the molecule is CC(CNc1ncc(N)cn1)N1CCCCC1. The Hall–Kier alpha value is -1.36. The molecule has 1 aliphatic rings. The lowest BCUT2D eigenvalue weighted by atomic mass is 10.1. The quantitative estimate of drug-likeness (QED) is 0.824. The molecule has 1 aromatic rings. The van der Waals surface area contributed by atoms with Crippen molar-refractivity contribution in [2.45, 2.75) is 32.2 Å². The van der Waals surface area contributed by atoms with Gasteiger partial charge in [0.05, 0.1) is 18.1 Å². The van der Waals surface area contributed by atoms with Crippen LogP contribution in [0.25, 0.3) is 0 Å². The molecule has 1 saturated heterocycles. The average molecular weight is 235 g/mol. The molecule has 1 unspecified atom stereocenters. The van der Waals surface area contributed by atoms with Crippen LogP contribution in [0.3, 0.4) is 0 Å². The molecule has 2 rings (SSSR count).